The summed E-state index contributed by atoms with van der Waals surface area (Å²) < 4.78 is 27.7. The molecule has 0 N–H and O–H groups in total. The van der Waals surface area contributed by atoms with Gasteiger partial charge in [0.25, 0.3) is 5.91 Å². The van der Waals surface area contributed by atoms with Gasteiger partial charge in [0.05, 0.1) is 4.90 Å². The molecule has 0 bridgehead atoms. The van der Waals surface area contributed by atoms with E-state index in [0.29, 0.717) is 57.9 Å². The Morgan fingerprint density at radius 2 is 1.38 bits per heavy atom. The lowest BCUT2D eigenvalue weighted by Gasteiger charge is -2.31. The number of amides is 2. The molecule has 4 rings (SSSR count). The third-order valence-corrected chi connectivity index (χ3v) is 9.10. The van der Waals surface area contributed by atoms with Crippen molar-refractivity contribution in [3.8, 4) is 0 Å². The highest BCUT2D eigenvalue weighted by atomic mass is 32.2. The normalized spacial score (nSPS) is 19.2. The zero-order valence-corrected chi connectivity index (χ0v) is 22.8. The van der Waals surface area contributed by atoms with Crippen LogP contribution in [0.15, 0.2) is 53.4 Å². The first-order valence-electron chi connectivity index (χ1n) is 12.8. The highest BCUT2D eigenvalue weighted by Gasteiger charge is 2.28. The minimum Gasteiger partial charge on any atom is -0.333 e. The molecule has 0 aromatic heterocycles. The number of sulfonamides is 1. The molecular formula is C27H37N5O4S. The van der Waals surface area contributed by atoms with Gasteiger partial charge in [0.2, 0.25) is 15.9 Å². The first-order valence-corrected chi connectivity index (χ1v) is 14.2. The molecule has 2 aliphatic rings. The largest absolute Gasteiger partial charge is 0.333 e. The van der Waals surface area contributed by atoms with Gasteiger partial charge >= 0.3 is 0 Å². The molecule has 1 saturated heterocycles. The molecule has 0 unspecified atom stereocenters. The Kier molecular flexibility index (Phi) is 8.63. The van der Waals surface area contributed by atoms with Crippen LogP contribution < -0.4 is 4.90 Å². The maximum Gasteiger partial charge on any atom is 0.254 e. The van der Waals surface area contributed by atoms with Crippen molar-refractivity contribution in [1.29, 1.82) is 0 Å². The standard InChI is InChI=1S/C27H37N5O4S/c1-22(33)32-14-6-13-28(2)15-18-30(21-24-7-4-5-8-26(24)32)27(34)23-9-11-25(12-10-23)37(35,36)31-19-16-29(3)17-20-31/h4-5,7-12H,6,13-21H2,1-3H3. The maximum atomic E-state index is 13.6. The van der Waals surface area contributed by atoms with Gasteiger partial charge in [-0.15, -0.1) is 0 Å². The van der Waals surface area contributed by atoms with Gasteiger partial charge in [-0.05, 0) is 63.0 Å². The molecule has 0 radical (unpaired) electrons. The Morgan fingerprint density at radius 3 is 2.05 bits per heavy atom. The number of nitrogens with zero attached hydrogens (tertiary/aromatic N) is 5. The van der Waals surface area contributed by atoms with Crippen LogP contribution in [0, 0.1) is 0 Å². The van der Waals surface area contributed by atoms with E-state index in [2.05, 4.69) is 9.80 Å². The molecule has 1 fully saturated rings. The highest BCUT2D eigenvalue weighted by molar-refractivity contribution is 7.89. The molecule has 10 heteroatoms. The van der Waals surface area contributed by atoms with Crippen LogP contribution in [0.25, 0.3) is 0 Å². The third kappa shape index (κ3) is 6.38. The average molecular weight is 528 g/mol. The molecule has 9 nitrogen and oxygen atoms in total. The van der Waals surface area contributed by atoms with Gasteiger partial charge in [-0.25, -0.2) is 8.42 Å². The van der Waals surface area contributed by atoms with Crippen LogP contribution in [0.5, 0.6) is 0 Å². The molecule has 0 atom stereocenters. The van der Waals surface area contributed by atoms with E-state index >= 15 is 0 Å². The van der Waals surface area contributed by atoms with Crippen molar-refractivity contribution in [1.82, 2.24) is 19.0 Å². The molecular weight excluding hydrogens is 490 g/mol. The minimum atomic E-state index is -3.60. The molecule has 2 aliphatic heterocycles. The van der Waals surface area contributed by atoms with Crippen molar-refractivity contribution in [2.75, 3.05) is 71.4 Å². The van der Waals surface area contributed by atoms with Crippen molar-refractivity contribution < 1.29 is 18.0 Å². The molecule has 0 aliphatic carbocycles. The molecule has 2 aromatic carbocycles. The van der Waals surface area contributed by atoms with E-state index in [9.17, 15) is 18.0 Å². The quantitative estimate of drug-likeness (QED) is 0.607. The summed E-state index contributed by atoms with van der Waals surface area (Å²) in [5, 5.41) is 0. The zero-order chi connectivity index (χ0) is 26.6. The SMILES string of the molecule is CC(=O)N1CCCN(C)CCN(C(=O)c2ccc(S(=O)(=O)N3CCN(C)CC3)cc2)Cc2ccccc21. The maximum absolute atomic E-state index is 13.6. The second-order valence-electron chi connectivity index (χ2n) is 9.91. The summed E-state index contributed by atoms with van der Waals surface area (Å²) in [6.07, 6.45) is 0.835. The Hall–Kier alpha value is -2.79. The second-order valence-corrected chi connectivity index (χ2v) is 11.9. The fourth-order valence-electron chi connectivity index (χ4n) is 4.84. The van der Waals surface area contributed by atoms with Gasteiger partial charge in [-0.1, -0.05) is 18.2 Å². The summed E-state index contributed by atoms with van der Waals surface area (Å²) in [5.74, 6) is -0.190. The van der Waals surface area contributed by atoms with Crippen molar-refractivity contribution in [3.63, 3.8) is 0 Å². The number of anilines is 1. The summed E-state index contributed by atoms with van der Waals surface area (Å²) in [7, 11) is 0.398. The first kappa shape index (κ1) is 27.3. The molecule has 0 saturated carbocycles. The Labute approximate surface area is 220 Å². The minimum absolute atomic E-state index is 0.0237. The fraction of sp³-hybridized carbons (Fsp3) is 0.481. The van der Waals surface area contributed by atoms with E-state index in [1.807, 2.05) is 38.4 Å². The summed E-state index contributed by atoms with van der Waals surface area (Å²) in [5.41, 5.74) is 2.17. The highest BCUT2D eigenvalue weighted by Crippen LogP contribution is 2.25. The van der Waals surface area contributed by atoms with Crippen molar-refractivity contribution >= 4 is 27.5 Å². The summed E-state index contributed by atoms with van der Waals surface area (Å²) in [6.45, 7) is 6.88. The van der Waals surface area contributed by atoms with Crippen LogP contribution in [0.2, 0.25) is 0 Å². The van der Waals surface area contributed by atoms with E-state index in [-0.39, 0.29) is 16.7 Å². The van der Waals surface area contributed by atoms with Crippen LogP contribution in [-0.2, 0) is 21.4 Å². The smallest absolute Gasteiger partial charge is 0.254 e. The van der Waals surface area contributed by atoms with Crippen molar-refractivity contribution in [3.05, 3.63) is 59.7 Å². The lowest BCUT2D eigenvalue weighted by atomic mass is 10.1. The van der Waals surface area contributed by atoms with Crippen LogP contribution in [0.4, 0.5) is 5.69 Å². The zero-order valence-electron chi connectivity index (χ0n) is 22.0. The van der Waals surface area contributed by atoms with Crippen LogP contribution in [0.1, 0.15) is 29.3 Å². The molecule has 200 valence electrons. The number of piperazine rings is 1. The van der Waals surface area contributed by atoms with Gasteiger partial charge < -0.3 is 19.6 Å². The van der Waals surface area contributed by atoms with E-state index in [1.165, 1.54) is 16.4 Å². The van der Waals surface area contributed by atoms with Crippen molar-refractivity contribution in [2.24, 2.45) is 0 Å². The lowest BCUT2D eigenvalue weighted by molar-refractivity contribution is -0.116. The van der Waals surface area contributed by atoms with E-state index in [1.54, 1.807) is 28.9 Å². The number of likely N-dealkylation sites (N-methyl/N-ethyl adjacent to an activating group) is 2. The van der Waals surface area contributed by atoms with Crippen LogP contribution in [0.3, 0.4) is 0 Å². The number of fused-ring (bicyclic) bond motifs is 1. The van der Waals surface area contributed by atoms with Gasteiger partial charge in [-0.3, -0.25) is 9.59 Å². The number of para-hydroxylation sites is 1. The molecule has 2 amide bonds. The van der Waals surface area contributed by atoms with Crippen LogP contribution >= 0.6 is 0 Å². The van der Waals surface area contributed by atoms with E-state index in [0.717, 1.165) is 24.2 Å². The van der Waals surface area contributed by atoms with E-state index < -0.39 is 10.0 Å². The Balaban J connectivity index is 1.58. The topological polar surface area (TPSA) is 84.5 Å². The number of rotatable bonds is 3. The summed E-state index contributed by atoms with van der Waals surface area (Å²) in [6, 6.07) is 14.0. The van der Waals surface area contributed by atoms with Gasteiger partial charge in [0.1, 0.15) is 0 Å². The number of hydrogen-bond donors (Lipinski definition) is 0. The second kappa shape index (κ2) is 11.7. The van der Waals surface area contributed by atoms with Gasteiger partial charge in [-0.2, -0.15) is 4.31 Å². The van der Waals surface area contributed by atoms with Gasteiger partial charge in [0.15, 0.2) is 0 Å². The first-order chi connectivity index (χ1) is 17.7. The molecule has 2 aromatic rings. The predicted octanol–water partition coefficient (Wildman–Crippen LogP) is 1.95. The monoisotopic (exact) mass is 527 g/mol. The number of carbonyl (C=O) groups excluding carboxylic acids is 2. The third-order valence-electron chi connectivity index (χ3n) is 7.19. The van der Waals surface area contributed by atoms with Crippen LogP contribution in [-0.4, -0.2) is 106 Å². The molecule has 0 spiro atoms. The molecule has 37 heavy (non-hydrogen) atoms. The predicted molar refractivity (Wildman–Crippen MR) is 144 cm³/mol. The average Bonchev–Trinajstić information content (AvgIpc) is 2.92. The number of carbonyl (C=O) groups is 2. The lowest BCUT2D eigenvalue weighted by Crippen LogP contribution is -2.47. The Morgan fingerprint density at radius 1 is 0.757 bits per heavy atom. The van der Waals surface area contributed by atoms with Gasteiger partial charge in [0, 0.05) is 70.5 Å². The number of benzene rings is 2. The van der Waals surface area contributed by atoms with E-state index in [4.69, 9.17) is 0 Å². The van der Waals surface area contributed by atoms with Crippen molar-refractivity contribution in [2.45, 2.75) is 24.8 Å². The molecule has 2 heterocycles. The summed E-state index contributed by atoms with van der Waals surface area (Å²) >= 11 is 0. The summed E-state index contributed by atoms with van der Waals surface area (Å²) in [4.78, 5) is 34.1. The Bertz CT molecular complexity index is 1210. The number of hydrogen-bond acceptors (Lipinski definition) is 6. The fourth-order valence-corrected chi connectivity index (χ4v) is 6.27.